The maximum absolute atomic E-state index is 13.8. The smallest absolute Gasteiger partial charge is 0.257 e. The summed E-state index contributed by atoms with van der Waals surface area (Å²) in [5, 5.41) is 0. The molecule has 0 unspecified atom stereocenters. The summed E-state index contributed by atoms with van der Waals surface area (Å²) in [5.74, 6) is -1.21. The van der Waals surface area contributed by atoms with Crippen molar-refractivity contribution in [3.05, 3.63) is 23.6 Å². The second-order valence-corrected chi connectivity index (χ2v) is 4.59. The number of carbonyl (C=O) groups excluding carboxylic acids is 1. The van der Waals surface area contributed by atoms with Crippen LogP contribution in [0.2, 0.25) is 0 Å². The van der Waals surface area contributed by atoms with Gasteiger partial charge in [0.1, 0.15) is 0 Å². The monoisotopic (exact) mass is 251 g/mol. The van der Waals surface area contributed by atoms with Crippen LogP contribution in [-0.2, 0) is 0 Å². The molecule has 0 radical (unpaired) electrons. The number of rotatable bonds is 3. The van der Waals surface area contributed by atoms with Crippen LogP contribution < -0.4 is 5.73 Å². The van der Waals surface area contributed by atoms with E-state index in [-0.39, 0.29) is 23.3 Å². The summed E-state index contributed by atoms with van der Waals surface area (Å²) < 4.78 is 13.8. The van der Waals surface area contributed by atoms with Gasteiger partial charge in [-0.15, -0.1) is 0 Å². The third-order valence-corrected chi connectivity index (χ3v) is 3.51. The van der Waals surface area contributed by atoms with Crippen molar-refractivity contribution in [1.82, 2.24) is 9.88 Å². The third-order valence-electron chi connectivity index (χ3n) is 3.51. The van der Waals surface area contributed by atoms with Gasteiger partial charge in [0.2, 0.25) is 0 Å². The van der Waals surface area contributed by atoms with Gasteiger partial charge in [0.05, 0.1) is 5.56 Å². The summed E-state index contributed by atoms with van der Waals surface area (Å²) in [7, 11) is 0. The molecule has 0 aromatic carbocycles. The predicted octanol–water partition coefficient (Wildman–Crippen LogP) is 2.21. The van der Waals surface area contributed by atoms with Crippen LogP contribution in [0, 0.1) is 5.82 Å². The summed E-state index contributed by atoms with van der Waals surface area (Å²) >= 11 is 0. The Morgan fingerprint density at radius 3 is 2.83 bits per heavy atom. The van der Waals surface area contributed by atoms with Gasteiger partial charge in [-0.25, -0.2) is 9.37 Å². The number of nitrogen functional groups attached to an aromatic ring is 1. The average molecular weight is 251 g/mol. The lowest BCUT2D eigenvalue weighted by atomic mass is 10.1. The van der Waals surface area contributed by atoms with E-state index < -0.39 is 5.82 Å². The zero-order valence-corrected chi connectivity index (χ0v) is 10.5. The summed E-state index contributed by atoms with van der Waals surface area (Å²) in [5.41, 5.74) is 5.42. The number of amides is 1. The van der Waals surface area contributed by atoms with Gasteiger partial charge in [-0.3, -0.25) is 4.79 Å². The molecule has 1 aromatic heterocycles. The fraction of sp³-hybridized carbons (Fsp3) is 0.538. The Kier molecular flexibility index (Phi) is 3.79. The molecule has 1 amide bonds. The molecule has 0 bridgehead atoms. The van der Waals surface area contributed by atoms with Crippen LogP contribution in [0.3, 0.4) is 0 Å². The number of hydrogen-bond acceptors (Lipinski definition) is 3. The number of nitrogens with zero attached hydrogens (tertiary/aromatic N) is 2. The van der Waals surface area contributed by atoms with Crippen molar-refractivity contribution >= 4 is 11.7 Å². The summed E-state index contributed by atoms with van der Waals surface area (Å²) in [6, 6.07) is 1.63. The number of anilines is 1. The molecule has 0 aliphatic heterocycles. The van der Waals surface area contributed by atoms with Gasteiger partial charge >= 0.3 is 0 Å². The molecule has 0 atom stereocenters. The number of halogens is 1. The van der Waals surface area contributed by atoms with Crippen molar-refractivity contribution in [2.75, 3.05) is 12.3 Å². The second-order valence-electron chi connectivity index (χ2n) is 4.59. The van der Waals surface area contributed by atoms with E-state index in [9.17, 15) is 9.18 Å². The number of nitrogens with two attached hydrogens (primary N) is 1. The molecular formula is C13H18FN3O. The summed E-state index contributed by atoms with van der Waals surface area (Å²) in [6.07, 6.45) is 5.64. The van der Waals surface area contributed by atoms with Crippen LogP contribution >= 0.6 is 0 Å². The van der Waals surface area contributed by atoms with Gasteiger partial charge in [-0.05, 0) is 25.8 Å². The minimum Gasteiger partial charge on any atom is -0.381 e. The molecule has 5 heteroatoms. The Hall–Kier alpha value is -1.65. The molecule has 4 nitrogen and oxygen atoms in total. The highest BCUT2D eigenvalue weighted by molar-refractivity contribution is 5.95. The molecule has 98 valence electrons. The van der Waals surface area contributed by atoms with E-state index in [4.69, 9.17) is 5.73 Å². The van der Waals surface area contributed by atoms with E-state index in [0.29, 0.717) is 6.54 Å². The van der Waals surface area contributed by atoms with Gasteiger partial charge in [0, 0.05) is 18.8 Å². The minimum atomic E-state index is -0.709. The van der Waals surface area contributed by atoms with E-state index in [1.54, 1.807) is 4.90 Å². The van der Waals surface area contributed by atoms with Gasteiger partial charge in [-0.2, -0.15) is 0 Å². The van der Waals surface area contributed by atoms with Crippen LogP contribution in [0.1, 0.15) is 43.0 Å². The first kappa shape index (κ1) is 12.8. The Balaban J connectivity index is 2.25. The lowest BCUT2D eigenvalue weighted by molar-refractivity contribution is 0.0688. The highest BCUT2D eigenvalue weighted by Crippen LogP contribution is 2.25. The maximum atomic E-state index is 13.8. The number of hydrogen-bond donors (Lipinski definition) is 1. The lowest BCUT2D eigenvalue weighted by Gasteiger charge is -2.27. The van der Waals surface area contributed by atoms with E-state index >= 15 is 0 Å². The molecule has 1 saturated carbocycles. The van der Waals surface area contributed by atoms with Crippen molar-refractivity contribution in [3.8, 4) is 0 Å². The Morgan fingerprint density at radius 1 is 1.56 bits per heavy atom. The van der Waals surface area contributed by atoms with Crippen LogP contribution in [0.25, 0.3) is 0 Å². The molecule has 1 aromatic rings. The lowest BCUT2D eigenvalue weighted by Crippen LogP contribution is -2.39. The summed E-state index contributed by atoms with van der Waals surface area (Å²) in [6.45, 7) is 2.50. The molecule has 2 N–H and O–H groups in total. The minimum absolute atomic E-state index is 0.0243. The third kappa shape index (κ3) is 2.30. The maximum Gasteiger partial charge on any atom is 0.257 e. The molecule has 1 heterocycles. The standard InChI is InChI=1S/C13H18FN3O/c1-2-17(9-5-3-4-6-9)13(18)10-7-8-16-12(15)11(10)14/h7-9H,2-6H2,1H3,(H2,15,16). The topological polar surface area (TPSA) is 59.2 Å². The Morgan fingerprint density at radius 2 is 2.22 bits per heavy atom. The average Bonchev–Trinajstić information content (AvgIpc) is 2.87. The molecule has 0 spiro atoms. The van der Waals surface area contributed by atoms with E-state index in [0.717, 1.165) is 25.7 Å². The zero-order chi connectivity index (χ0) is 13.1. The molecule has 1 aliphatic rings. The second kappa shape index (κ2) is 5.33. The highest BCUT2D eigenvalue weighted by Gasteiger charge is 2.28. The van der Waals surface area contributed by atoms with Crippen LogP contribution in [0.4, 0.5) is 10.2 Å². The molecule has 0 saturated heterocycles. The van der Waals surface area contributed by atoms with Crippen molar-refractivity contribution in [1.29, 1.82) is 0 Å². The normalized spacial score (nSPS) is 15.9. The van der Waals surface area contributed by atoms with Crippen molar-refractivity contribution in [3.63, 3.8) is 0 Å². The molecule has 2 rings (SSSR count). The van der Waals surface area contributed by atoms with E-state index in [2.05, 4.69) is 4.98 Å². The van der Waals surface area contributed by atoms with Gasteiger partial charge in [0.25, 0.3) is 5.91 Å². The first-order chi connectivity index (χ1) is 8.65. The highest BCUT2D eigenvalue weighted by atomic mass is 19.1. The quantitative estimate of drug-likeness (QED) is 0.896. The molecule has 1 aliphatic carbocycles. The number of aromatic nitrogens is 1. The largest absolute Gasteiger partial charge is 0.381 e. The molecular weight excluding hydrogens is 233 g/mol. The van der Waals surface area contributed by atoms with Crippen LogP contribution in [0.5, 0.6) is 0 Å². The first-order valence-electron chi connectivity index (χ1n) is 6.36. The van der Waals surface area contributed by atoms with Gasteiger partial charge in [-0.1, -0.05) is 12.8 Å². The first-order valence-corrected chi connectivity index (χ1v) is 6.36. The van der Waals surface area contributed by atoms with Crippen LogP contribution in [-0.4, -0.2) is 28.4 Å². The Labute approximate surface area is 106 Å². The van der Waals surface area contributed by atoms with Crippen LogP contribution in [0.15, 0.2) is 12.3 Å². The zero-order valence-electron chi connectivity index (χ0n) is 10.5. The number of carbonyl (C=O) groups is 1. The van der Waals surface area contributed by atoms with Gasteiger partial charge in [0.15, 0.2) is 11.6 Å². The number of pyridine rings is 1. The fourth-order valence-electron chi connectivity index (χ4n) is 2.56. The van der Waals surface area contributed by atoms with Crippen molar-refractivity contribution in [2.24, 2.45) is 0 Å². The molecule has 18 heavy (non-hydrogen) atoms. The Bertz CT molecular complexity index is 444. The fourth-order valence-corrected chi connectivity index (χ4v) is 2.56. The van der Waals surface area contributed by atoms with Crippen molar-refractivity contribution < 1.29 is 9.18 Å². The van der Waals surface area contributed by atoms with E-state index in [1.807, 2.05) is 6.92 Å². The predicted molar refractivity (Wildman–Crippen MR) is 67.6 cm³/mol. The van der Waals surface area contributed by atoms with Crippen molar-refractivity contribution in [2.45, 2.75) is 38.6 Å². The SMILES string of the molecule is CCN(C(=O)c1ccnc(N)c1F)C1CCCC1. The van der Waals surface area contributed by atoms with E-state index in [1.165, 1.54) is 12.3 Å². The van der Waals surface area contributed by atoms with Gasteiger partial charge < -0.3 is 10.6 Å². The summed E-state index contributed by atoms with van der Waals surface area (Å²) in [4.78, 5) is 17.7. The molecule has 1 fully saturated rings.